The van der Waals surface area contributed by atoms with Crippen molar-refractivity contribution in [3.05, 3.63) is 107 Å². The molecule has 5 rings (SSSR count). The first-order valence-electron chi connectivity index (χ1n) is 12.6. The van der Waals surface area contributed by atoms with Gasteiger partial charge in [-0.2, -0.15) is 4.73 Å². The Kier molecular flexibility index (Phi) is 8.61. The quantitative estimate of drug-likeness (QED) is 0.129. The fourth-order valence-electron chi connectivity index (χ4n) is 4.41. The van der Waals surface area contributed by atoms with Crippen LogP contribution in [0.25, 0.3) is 0 Å². The number of hydrogen-bond donors (Lipinski definition) is 1. The lowest BCUT2D eigenvalue weighted by molar-refractivity contribution is -0.645. The smallest absolute Gasteiger partial charge is 0.355 e. The van der Waals surface area contributed by atoms with Crippen LogP contribution in [0, 0.1) is 5.21 Å². The first-order valence-corrected chi connectivity index (χ1v) is 14.6. The van der Waals surface area contributed by atoms with Crippen LogP contribution in [0.4, 0.5) is 0 Å². The molecule has 3 heterocycles. The van der Waals surface area contributed by atoms with Crippen molar-refractivity contribution in [2.24, 2.45) is 0 Å². The summed E-state index contributed by atoms with van der Waals surface area (Å²) in [4.78, 5) is 40.8. The largest absolute Gasteiger partial charge is 0.618 e. The van der Waals surface area contributed by atoms with Crippen LogP contribution in [0.15, 0.2) is 95.3 Å². The number of carbonyl (C=O) groups excluding carboxylic acids is 3. The van der Waals surface area contributed by atoms with Crippen molar-refractivity contribution in [2.45, 2.75) is 29.5 Å². The van der Waals surface area contributed by atoms with Crippen LogP contribution in [-0.4, -0.2) is 52.7 Å². The Labute approximate surface area is 240 Å². The number of rotatable bonds is 10. The highest BCUT2D eigenvalue weighted by molar-refractivity contribution is 8.01. The number of fused-ring (bicyclic) bond motifs is 1. The number of thioether (sulfide) groups is 2. The SMILES string of the molecule is COc1ccc(COC(=O)C2=C(CSc3cccc[n+]3[O-])CS[C@@H]3[C@H](NC(=O)Cc4ccccc4)C(=O)N23)cc1. The molecule has 0 radical (unpaired) electrons. The molecule has 2 aromatic carbocycles. The lowest BCUT2D eigenvalue weighted by Gasteiger charge is -2.49. The van der Waals surface area contributed by atoms with Gasteiger partial charge in [-0.1, -0.05) is 54.2 Å². The van der Waals surface area contributed by atoms with Gasteiger partial charge in [-0.3, -0.25) is 14.5 Å². The van der Waals surface area contributed by atoms with Gasteiger partial charge < -0.3 is 20.0 Å². The third-order valence-corrected chi connectivity index (χ3v) is 8.92. The first-order chi connectivity index (χ1) is 19.4. The third-order valence-electron chi connectivity index (χ3n) is 6.48. The number of nitrogens with one attached hydrogen (secondary N) is 1. The van der Waals surface area contributed by atoms with E-state index in [9.17, 15) is 19.6 Å². The van der Waals surface area contributed by atoms with Crippen molar-refractivity contribution in [2.75, 3.05) is 18.6 Å². The van der Waals surface area contributed by atoms with Crippen LogP contribution >= 0.6 is 23.5 Å². The Morgan fingerprint density at radius 3 is 2.55 bits per heavy atom. The molecule has 2 amide bonds. The van der Waals surface area contributed by atoms with Crippen molar-refractivity contribution in [1.82, 2.24) is 10.2 Å². The molecule has 1 aromatic heterocycles. The van der Waals surface area contributed by atoms with E-state index in [2.05, 4.69) is 5.32 Å². The van der Waals surface area contributed by atoms with Crippen LogP contribution in [0.2, 0.25) is 0 Å². The lowest BCUT2D eigenvalue weighted by atomic mass is 10.0. The van der Waals surface area contributed by atoms with Gasteiger partial charge in [-0.25, -0.2) is 4.79 Å². The number of carbonyl (C=O) groups is 3. The van der Waals surface area contributed by atoms with Gasteiger partial charge in [-0.15, -0.1) is 11.8 Å². The summed E-state index contributed by atoms with van der Waals surface area (Å²) >= 11 is 2.76. The molecule has 1 saturated heterocycles. The molecule has 2 aliphatic heterocycles. The second-order valence-electron chi connectivity index (χ2n) is 9.15. The molecule has 0 saturated carbocycles. The van der Waals surface area contributed by atoms with Gasteiger partial charge in [0.25, 0.3) is 10.9 Å². The molecule has 2 atom stereocenters. The van der Waals surface area contributed by atoms with Crippen molar-refractivity contribution in [3.8, 4) is 5.75 Å². The van der Waals surface area contributed by atoms with Gasteiger partial charge in [-0.05, 0) is 34.9 Å². The average Bonchev–Trinajstić information content (AvgIpc) is 2.98. The number of hydrogen-bond acceptors (Lipinski definition) is 8. The zero-order valence-corrected chi connectivity index (χ0v) is 23.3. The predicted molar refractivity (Wildman–Crippen MR) is 151 cm³/mol. The number of ether oxygens (including phenoxy) is 2. The number of nitrogens with zero attached hydrogens (tertiary/aromatic N) is 2. The van der Waals surface area contributed by atoms with Gasteiger partial charge in [0.2, 0.25) is 5.91 Å². The van der Waals surface area contributed by atoms with Gasteiger partial charge >= 0.3 is 5.97 Å². The van der Waals surface area contributed by atoms with E-state index in [1.807, 2.05) is 30.3 Å². The number of methoxy groups -OCH3 is 1. The Balaban J connectivity index is 1.32. The van der Waals surface area contributed by atoms with Crippen molar-refractivity contribution in [1.29, 1.82) is 0 Å². The van der Waals surface area contributed by atoms with E-state index in [4.69, 9.17) is 9.47 Å². The topological polar surface area (TPSA) is 112 Å². The maximum absolute atomic E-state index is 13.4. The van der Waals surface area contributed by atoms with E-state index in [1.54, 1.807) is 49.6 Å². The Hall–Kier alpha value is -3.96. The van der Waals surface area contributed by atoms with Gasteiger partial charge in [0, 0.05) is 23.6 Å². The zero-order chi connectivity index (χ0) is 28.1. The minimum atomic E-state index is -0.738. The summed E-state index contributed by atoms with van der Waals surface area (Å²) in [7, 11) is 1.57. The number of aromatic nitrogens is 1. The number of amides is 2. The van der Waals surface area contributed by atoms with Gasteiger partial charge in [0.1, 0.15) is 29.5 Å². The van der Waals surface area contributed by atoms with Crippen LogP contribution in [0.3, 0.4) is 0 Å². The second-order valence-corrected chi connectivity index (χ2v) is 11.2. The molecule has 1 fully saturated rings. The summed E-state index contributed by atoms with van der Waals surface area (Å²) in [5.74, 6) is 0.215. The van der Waals surface area contributed by atoms with E-state index in [1.165, 1.54) is 34.6 Å². The zero-order valence-electron chi connectivity index (χ0n) is 21.6. The average molecular weight is 578 g/mol. The molecular formula is C29H27N3O6S2. The van der Waals surface area contributed by atoms with E-state index in [0.717, 1.165) is 15.9 Å². The summed E-state index contributed by atoms with van der Waals surface area (Å²) in [6, 6.07) is 20.8. The van der Waals surface area contributed by atoms with E-state index >= 15 is 0 Å². The van der Waals surface area contributed by atoms with E-state index in [0.29, 0.717) is 27.9 Å². The molecule has 9 nitrogen and oxygen atoms in total. The Morgan fingerprint density at radius 2 is 1.82 bits per heavy atom. The van der Waals surface area contributed by atoms with E-state index in [-0.39, 0.29) is 30.5 Å². The maximum atomic E-state index is 13.4. The van der Waals surface area contributed by atoms with Crippen LogP contribution in [0.5, 0.6) is 5.75 Å². The summed E-state index contributed by atoms with van der Waals surface area (Å²) < 4.78 is 11.6. The number of benzene rings is 2. The second kappa shape index (κ2) is 12.5. The van der Waals surface area contributed by atoms with Crippen molar-refractivity contribution in [3.63, 3.8) is 0 Å². The highest BCUT2D eigenvalue weighted by atomic mass is 32.2. The number of esters is 1. The standard InChI is InChI=1S/C29H27N3O6S2/c1-37-22-12-10-20(11-13-22)16-38-29(35)26-21(17-39-24-9-5-6-14-31(24)36)18-40-28-25(27(34)32(26)28)30-23(33)15-19-7-3-2-4-8-19/h2-14,25,28H,15-18H2,1H3,(H,30,33)/t25-,28-/m1/s1. The maximum Gasteiger partial charge on any atom is 0.355 e. The Bertz CT molecular complexity index is 1430. The third kappa shape index (κ3) is 6.10. The van der Waals surface area contributed by atoms with Gasteiger partial charge in [0.05, 0.1) is 13.5 Å². The summed E-state index contributed by atoms with van der Waals surface area (Å²) in [6.07, 6.45) is 1.57. The minimum absolute atomic E-state index is 0.0169. The molecule has 0 unspecified atom stereocenters. The molecule has 11 heteroatoms. The molecule has 0 bridgehead atoms. The van der Waals surface area contributed by atoms with Crippen LogP contribution in [0.1, 0.15) is 11.1 Å². The Morgan fingerprint density at radius 1 is 1.07 bits per heavy atom. The highest BCUT2D eigenvalue weighted by Gasteiger charge is 2.54. The highest BCUT2D eigenvalue weighted by Crippen LogP contribution is 2.42. The molecular weight excluding hydrogens is 550 g/mol. The molecule has 0 aliphatic carbocycles. The number of pyridine rings is 1. The fraction of sp³-hybridized carbons (Fsp3) is 0.241. The molecule has 0 spiro atoms. The van der Waals surface area contributed by atoms with E-state index < -0.39 is 17.4 Å². The summed E-state index contributed by atoms with van der Waals surface area (Å²) in [5, 5.41) is 15.0. The normalized spacial score (nSPS) is 18.0. The minimum Gasteiger partial charge on any atom is -0.618 e. The fourth-order valence-corrected chi connectivity index (χ4v) is 6.81. The predicted octanol–water partition coefficient (Wildman–Crippen LogP) is 3.06. The van der Waals surface area contributed by atoms with Crippen molar-refractivity contribution >= 4 is 41.3 Å². The summed E-state index contributed by atoms with van der Waals surface area (Å²) in [5.41, 5.74) is 2.48. The van der Waals surface area contributed by atoms with Crippen LogP contribution < -0.4 is 14.8 Å². The van der Waals surface area contributed by atoms with Gasteiger partial charge in [0.15, 0.2) is 6.20 Å². The molecule has 1 N–H and O–H groups in total. The first kappa shape index (κ1) is 27.6. The monoisotopic (exact) mass is 577 g/mol. The van der Waals surface area contributed by atoms with Crippen LogP contribution in [-0.2, 0) is 32.1 Å². The number of β-lactam (4-membered cyclic amide) rings is 1. The molecule has 40 heavy (non-hydrogen) atoms. The summed E-state index contributed by atoms with van der Waals surface area (Å²) in [6.45, 7) is 0.0169. The van der Waals surface area contributed by atoms with Crippen molar-refractivity contribution < 1.29 is 28.6 Å². The molecule has 3 aromatic rings. The molecule has 206 valence electrons. The lowest BCUT2D eigenvalue weighted by Crippen LogP contribution is -2.70. The molecule has 2 aliphatic rings.